The predicted octanol–water partition coefficient (Wildman–Crippen LogP) is 1.98. The van der Waals surface area contributed by atoms with Gasteiger partial charge in [0.25, 0.3) is 0 Å². The smallest absolute Gasteiger partial charge is 0.228 e. The van der Waals surface area contributed by atoms with E-state index in [1.807, 2.05) is 11.0 Å². The largest absolute Gasteiger partial charge is 0.342 e. The zero-order chi connectivity index (χ0) is 17.1. The average Bonchev–Trinajstić information content (AvgIpc) is 2.61. The van der Waals surface area contributed by atoms with E-state index in [-0.39, 0.29) is 42.0 Å². The zero-order valence-electron chi connectivity index (χ0n) is 14.4. The first-order chi connectivity index (χ1) is 11.6. The molecule has 0 bridgehead atoms. The normalized spacial score (nSPS) is 23.8. The third-order valence-corrected chi connectivity index (χ3v) is 4.98. The topological polar surface area (TPSA) is 52.7 Å². The Morgan fingerprint density at radius 1 is 1.28 bits per heavy atom. The lowest BCUT2D eigenvalue weighted by molar-refractivity contribution is -0.143. The van der Waals surface area contributed by atoms with Crippen molar-refractivity contribution >= 4 is 24.2 Å². The highest BCUT2D eigenvalue weighted by molar-refractivity contribution is 5.85. The molecule has 0 aliphatic carbocycles. The molecule has 2 heterocycles. The van der Waals surface area contributed by atoms with Crippen molar-refractivity contribution in [3.63, 3.8) is 0 Å². The summed E-state index contributed by atoms with van der Waals surface area (Å²) < 4.78 is 13.6. The number of halogens is 2. The molecule has 5 nitrogen and oxygen atoms in total. The van der Waals surface area contributed by atoms with Crippen molar-refractivity contribution in [2.75, 3.05) is 32.7 Å². The molecule has 2 saturated heterocycles. The Labute approximate surface area is 154 Å². The molecule has 2 amide bonds. The van der Waals surface area contributed by atoms with Gasteiger partial charge in [0.2, 0.25) is 11.8 Å². The quantitative estimate of drug-likeness (QED) is 0.867. The molecule has 1 N–H and O–H groups in total. The fraction of sp³-hybridized carbons (Fsp3) is 0.556. The van der Waals surface area contributed by atoms with Crippen molar-refractivity contribution in [1.29, 1.82) is 0 Å². The molecule has 2 aliphatic heterocycles. The number of nitrogens with zero attached hydrogens (tertiary/aromatic N) is 2. The molecular weight excluding hydrogens is 345 g/mol. The van der Waals surface area contributed by atoms with Crippen LogP contribution in [0, 0.1) is 11.7 Å². The molecule has 1 aromatic carbocycles. The number of piperidine rings is 1. The lowest BCUT2D eigenvalue weighted by Crippen LogP contribution is -2.53. The number of benzene rings is 1. The first kappa shape index (κ1) is 19.7. The summed E-state index contributed by atoms with van der Waals surface area (Å²) in [6.07, 6.45) is 1.66. The summed E-state index contributed by atoms with van der Waals surface area (Å²) in [5.74, 6) is -0.339. The minimum absolute atomic E-state index is 0. The summed E-state index contributed by atoms with van der Waals surface area (Å²) in [5.41, 5.74) is 0.815. The van der Waals surface area contributed by atoms with Crippen LogP contribution in [-0.2, 0) is 9.59 Å². The van der Waals surface area contributed by atoms with Crippen LogP contribution in [0.2, 0.25) is 0 Å². The van der Waals surface area contributed by atoms with Gasteiger partial charge < -0.3 is 15.1 Å². The Bertz CT molecular complexity index is 628. The van der Waals surface area contributed by atoms with E-state index in [4.69, 9.17) is 0 Å². The first-order valence-corrected chi connectivity index (χ1v) is 8.58. The number of amides is 2. The Hall–Kier alpha value is -1.66. The second-order valence-corrected chi connectivity index (χ2v) is 6.61. The summed E-state index contributed by atoms with van der Waals surface area (Å²) in [6, 6.07) is 6.30. The van der Waals surface area contributed by atoms with Gasteiger partial charge in [-0.1, -0.05) is 12.1 Å². The SMILES string of the molecule is CC(=O)N1CCCC(C(=O)N2CCNCC2c2cccc(F)c2)C1.Cl. The molecule has 2 unspecified atom stereocenters. The Morgan fingerprint density at radius 3 is 2.80 bits per heavy atom. The van der Waals surface area contributed by atoms with E-state index in [1.54, 1.807) is 17.9 Å². The molecule has 2 aliphatic rings. The lowest BCUT2D eigenvalue weighted by atomic mass is 9.94. The molecule has 0 spiro atoms. The number of nitrogens with one attached hydrogen (secondary N) is 1. The summed E-state index contributed by atoms with van der Waals surface area (Å²) in [4.78, 5) is 28.3. The van der Waals surface area contributed by atoms with Crippen LogP contribution in [0.5, 0.6) is 0 Å². The zero-order valence-corrected chi connectivity index (χ0v) is 15.2. The molecule has 2 atom stereocenters. The molecule has 3 rings (SSSR count). The van der Waals surface area contributed by atoms with Crippen molar-refractivity contribution in [2.24, 2.45) is 5.92 Å². The maximum absolute atomic E-state index is 13.6. The average molecular weight is 370 g/mol. The van der Waals surface area contributed by atoms with Crippen LogP contribution in [0.3, 0.4) is 0 Å². The number of carbonyl (C=O) groups is 2. The van der Waals surface area contributed by atoms with Crippen LogP contribution < -0.4 is 5.32 Å². The molecule has 138 valence electrons. The molecule has 25 heavy (non-hydrogen) atoms. The molecular formula is C18H25ClFN3O2. The predicted molar refractivity (Wildman–Crippen MR) is 95.9 cm³/mol. The Balaban J connectivity index is 0.00000225. The number of hydrogen-bond donors (Lipinski definition) is 1. The van der Waals surface area contributed by atoms with E-state index >= 15 is 0 Å². The minimum Gasteiger partial charge on any atom is -0.342 e. The first-order valence-electron chi connectivity index (χ1n) is 8.58. The molecule has 1 aromatic rings. The van der Waals surface area contributed by atoms with Gasteiger partial charge in [-0.3, -0.25) is 9.59 Å². The fourth-order valence-electron chi connectivity index (χ4n) is 3.68. The Kier molecular flexibility index (Phi) is 6.79. The van der Waals surface area contributed by atoms with Crippen LogP contribution >= 0.6 is 12.4 Å². The second kappa shape index (κ2) is 8.63. The van der Waals surface area contributed by atoms with E-state index in [0.717, 1.165) is 31.5 Å². The highest BCUT2D eigenvalue weighted by atomic mass is 35.5. The van der Waals surface area contributed by atoms with E-state index < -0.39 is 0 Å². The van der Waals surface area contributed by atoms with Crippen molar-refractivity contribution < 1.29 is 14.0 Å². The van der Waals surface area contributed by atoms with Crippen LogP contribution in [0.4, 0.5) is 4.39 Å². The van der Waals surface area contributed by atoms with Crippen LogP contribution in [0.1, 0.15) is 31.4 Å². The number of piperazine rings is 1. The van der Waals surface area contributed by atoms with Crippen molar-refractivity contribution in [2.45, 2.75) is 25.8 Å². The second-order valence-electron chi connectivity index (χ2n) is 6.61. The fourth-order valence-corrected chi connectivity index (χ4v) is 3.68. The molecule has 0 radical (unpaired) electrons. The van der Waals surface area contributed by atoms with Crippen molar-refractivity contribution in [1.82, 2.24) is 15.1 Å². The molecule has 2 fully saturated rings. The Morgan fingerprint density at radius 2 is 2.08 bits per heavy atom. The highest BCUT2D eigenvalue weighted by Crippen LogP contribution is 2.27. The molecule has 0 aromatic heterocycles. The van der Waals surface area contributed by atoms with Gasteiger partial charge in [0.1, 0.15) is 5.82 Å². The summed E-state index contributed by atoms with van der Waals surface area (Å²) in [5, 5.41) is 3.29. The maximum Gasteiger partial charge on any atom is 0.228 e. The molecule has 7 heteroatoms. The third-order valence-electron chi connectivity index (χ3n) is 4.98. The van der Waals surface area contributed by atoms with E-state index in [2.05, 4.69) is 5.32 Å². The van der Waals surface area contributed by atoms with Gasteiger partial charge in [0.05, 0.1) is 12.0 Å². The van der Waals surface area contributed by atoms with Gasteiger partial charge in [-0.05, 0) is 30.5 Å². The van der Waals surface area contributed by atoms with E-state index in [0.29, 0.717) is 19.6 Å². The summed E-state index contributed by atoms with van der Waals surface area (Å²) in [7, 11) is 0. The van der Waals surface area contributed by atoms with E-state index in [9.17, 15) is 14.0 Å². The van der Waals surface area contributed by atoms with Crippen LogP contribution in [-0.4, -0.2) is 54.3 Å². The number of carbonyl (C=O) groups excluding carboxylic acids is 2. The van der Waals surface area contributed by atoms with Gasteiger partial charge in [-0.2, -0.15) is 0 Å². The summed E-state index contributed by atoms with van der Waals surface area (Å²) in [6.45, 7) is 4.74. The minimum atomic E-state index is -0.286. The maximum atomic E-state index is 13.6. The molecule has 0 saturated carbocycles. The van der Waals surface area contributed by atoms with Crippen molar-refractivity contribution in [3.8, 4) is 0 Å². The monoisotopic (exact) mass is 369 g/mol. The standard InChI is InChI=1S/C18H24FN3O2.ClH/c1-13(23)21-8-3-5-15(12-21)18(24)22-9-7-20-11-17(22)14-4-2-6-16(19)10-14;/h2,4,6,10,15,17,20H,3,5,7-9,11-12H2,1H3;1H. The highest BCUT2D eigenvalue weighted by Gasteiger charge is 2.35. The lowest BCUT2D eigenvalue weighted by Gasteiger charge is -2.40. The summed E-state index contributed by atoms with van der Waals surface area (Å²) >= 11 is 0. The van der Waals surface area contributed by atoms with Crippen LogP contribution in [0.15, 0.2) is 24.3 Å². The third kappa shape index (κ3) is 4.50. The van der Waals surface area contributed by atoms with Crippen LogP contribution in [0.25, 0.3) is 0 Å². The van der Waals surface area contributed by atoms with E-state index in [1.165, 1.54) is 12.1 Å². The van der Waals surface area contributed by atoms with Gasteiger partial charge in [-0.25, -0.2) is 4.39 Å². The van der Waals surface area contributed by atoms with Gasteiger partial charge in [0, 0.05) is 39.6 Å². The van der Waals surface area contributed by atoms with Gasteiger partial charge >= 0.3 is 0 Å². The number of rotatable bonds is 2. The number of hydrogen-bond acceptors (Lipinski definition) is 3. The number of likely N-dealkylation sites (tertiary alicyclic amines) is 1. The van der Waals surface area contributed by atoms with Crippen molar-refractivity contribution in [3.05, 3.63) is 35.6 Å². The van der Waals surface area contributed by atoms with Gasteiger partial charge in [-0.15, -0.1) is 12.4 Å². The van der Waals surface area contributed by atoms with Gasteiger partial charge in [0.15, 0.2) is 0 Å².